The van der Waals surface area contributed by atoms with E-state index in [2.05, 4.69) is 12.2 Å². The monoisotopic (exact) mass is 338 g/mol. The molecule has 0 radical (unpaired) electrons. The zero-order chi connectivity index (χ0) is 17.8. The fourth-order valence-electron chi connectivity index (χ4n) is 3.03. The smallest absolute Gasteiger partial charge is 0.332 e. The third-order valence-electron chi connectivity index (χ3n) is 4.52. The molecule has 3 atom stereocenters. The summed E-state index contributed by atoms with van der Waals surface area (Å²) in [6, 6.07) is 0. The summed E-state index contributed by atoms with van der Waals surface area (Å²) in [5.41, 5.74) is 0. The second-order valence-electron chi connectivity index (χ2n) is 6.41. The second-order valence-corrected chi connectivity index (χ2v) is 6.41. The SMILES string of the molecule is O=C(O)C(O)CCC=CC[C@H]1C(=O)CC[C@@H]1C=CCCCCCO. The van der Waals surface area contributed by atoms with Gasteiger partial charge >= 0.3 is 5.97 Å². The van der Waals surface area contributed by atoms with E-state index in [0.29, 0.717) is 31.0 Å². The van der Waals surface area contributed by atoms with Crippen molar-refractivity contribution in [3.05, 3.63) is 24.3 Å². The molecule has 0 spiro atoms. The van der Waals surface area contributed by atoms with Gasteiger partial charge < -0.3 is 15.3 Å². The van der Waals surface area contributed by atoms with Gasteiger partial charge in [0.25, 0.3) is 0 Å². The number of carboxylic acids is 1. The number of carbonyl (C=O) groups is 2. The third kappa shape index (κ3) is 7.88. The number of hydrogen-bond donors (Lipinski definition) is 3. The van der Waals surface area contributed by atoms with Crippen LogP contribution in [0, 0.1) is 11.8 Å². The number of aliphatic hydroxyl groups is 2. The molecule has 24 heavy (non-hydrogen) atoms. The Balaban J connectivity index is 2.31. The molecule has 0 amide bonds. The molecule has 0 bridgehead atoms. The van der Waals surface area contributed by atoms with Crippen LogP contribution in [0.5, 0.6) is 0 Å². The molecule has 1 rings (SSSR count). The zero-order valence-electron chi connectivity index (χ0n) is 14.3. The lowest BCUT2D eigenvalue weighted by molar-refractivity contribution is -0.146. The summed E-state index contributed by atoms with van der Waals surface area (Å²) in [6.07, 6.45) is 13.6. The molecule has 0 aromatic heterocycles. The molecule has 0 aromatic carbocycles. The minimum atomic E-state index is -1.32. The van der Waals surface area contributed by atoms with Gasteiger partial charge in [-0.3, -0.25) is 4.79 Å². The summed E-state index contributed by atoms with van der Waals surface area (Å²) in [6.45, 7) is 0.249. The number of unbranched alkanes of at least 4 members (excludes halogenated alkanes) is 3. The minimum absolute atomic E-state index is 0.0272. The summed E-state index contributed by atoms with van der Waals surface area (Å²) < 4.78 is 0. The summed E-state index contributed by atoms with van der Waals surface area (Å²) in [7, 11) is 0. The Morgan fingerprint density at radius 2 is 1.96 bits per heavy atom. The molecule has 1 fully saturated rings. The van der Waals surface area contributed by atoms with E-state index >= 15 is 0 Å². The van der Waals surface area contributed by atoms with Gasteiger partial charge in [0.2, 0.25) is 0 Å². The van der Waals surface area contributed by atoms with Gasteiger partial charge in [0, 0.05) is 18.9 Å². The van der Waals surface area contributed by atoms with E-state index in [1.807, 2.05) is 12.2 Å². The maximum absolute atomic E-state index is 12.0. The van der Waals surface area contributed by atoms with E-state index in [0.717, 1.165) is 32.1 Å². The number of ketones is 1. The van der Waals surface area contributed by atoms with Gasteiger partial charge in [0.1, 0.15) is 5.78 Å². The standard InChI is InChI=1S/C19H30O5/c20-14-8-3-1-2-5-9-15-12-13-17(21)16(15)10-6-4-7-11-18(22)19(23)24/h4-6,9,15-16,18,20,22H,1-3,7-8,10-14H2,(H,23,24)/t15-,16+,18?/m0/s1. The predicted molar refractivity (Wildman–Crippen MR) is 92.5 cm³/mol. The van der Waals surface area contributed by atoms with Crippen LogP contribution >= 0.6 is 0 Å². The summed E-state index contributed by atoms with van der Waals surface area (Å²) in [5, 5.41) is 26.5. The van der Waals surface area contributed by atoms with Crippen molar-refractivity contribution in [1.29, 1.82) is 0 Å². The van der Waals surface area contributed by atoms with Crippen LogP contribution in [-0.2, 0) is 9.59 Å². The zero-order valence-corrected chi connectivity index (χ0v) is 14.3. The third-order valence-corrected chi connectivity index (χ3v) is 4.52. The van der Waals surface area contributed by atoms with Crippen LogP contribution in [0.1, 0.15) is 57.8 Å². The Hall–Kier alpha value is -1.46. The average molecular weight is 338 g/mol. The average Bonchev–Trinajstić information content (AvgIpc) is 2.90. The molecule has 1 aliphatic rings. The number of hydrogen-bond acceptors (Lipinski definition) is 4. The minimum Gasteiger partial charge on any atom is -0.479 e. The van der Waals surface area contributed by atoms with E-state index in [1.165, 1.54) is 0 Å². The quantitative estimate of drug-likeness (QED) is 0.376. The van der Waals surface area contributed by atoms with Crippen molar-refractivity contribution in [2.24, 2.45) is 11.8 Å². The largest absolute Gasteiger partial charge is 0.479 e. The van der Waals surface area contributed by atoms with Crippen LogP contribution in [0.25, 0.3) is 0 Å². The van der Waals surface area contributed by atoms with Gasteiger partial charge in [-0.05, 0) is 50.9 Å². The molecular formula is C19H30O5. The van der Waals surface area contributed by atoms with Gasteiger partial charge in [-0.1, -0.05) is 30.7 Å². The van der Waals surface area contributed by atoms with Crippen molar-refractivity contribution in [2.75, 3.05) is 6.61 Å². The van der Waals surface area contributed by atoms with Gasteiger partial charge in [0.05, 0.1) is 0 Å². The number of rotatable bonds is 12. The summed E-state index contributed by atoms with van der Waals surface area (Å²) in [4.78, 5) is 22.5. The predicted octanol–water partition coefficient (Wildman–Crippen LogP) is 2.86. The molecule has 1 unspecified atom stereocenters. The first-order valence-electron chi connectivity index (χ1n) is 8.92. The fraction of sp³-hybridized carbons (Fsp3) is 0.684. The Bertz CT molecular complexity index is 441. The number of aliphatic carboxylic acids is 1. The lowest BCUT2D eigenvalue weighted by Crippen LogP contribution is -2.18. The Kier molecular flexibility index (Phi) is 10.3. The normalized spacial score (nSPS) is 22.7. The first-order valence-corrected chi connectivity index (χ1v) is 8.92. The molecule has 3 N–H and O–H groups in total. The fourth-order valence-corrected chi connectivity index (χ4v) is 3.03. The maximum Gasteiger partial charge on any atom is 0.332 e. The summed E-state index contributed by atoms with van der Waals surface area (Å²) >= 11 is 0. The highest BCUT2D eigenvalue weighted by molar-refractivity contribution is 5.83. The molecule has 5 nitrogen and oxygen atoms in total. The Morgan fingerprint density at radius 1 is 1.17 bits per heavy atom. The van der Waals surface area contributed by atoms with Crippen LogP contribution in [0.15, 0.2) is 24.3 Å². The molecule has 1 saturated carbocycles. The van der Waals surface area contributed by atoms with Crippen LogP contribution in [0.4, 0.5) is 0 Å². The van der Waals surface area contributed by atoms with Crippen LogP contribution in [0.3, 0.4) is 0 Å². The first-order chi connectivity index (χ1) is 11.6. The van der Waals surface area contributed by atoms with E-state index in [4.69, 9.17) is 10.2 Å². The van der Waals surface area contributed by atoms with E-state index in [9.17, 15) is 14.7 Å². The summed E-state index contributed by atoms with van der Waals surface area (Å²) in [5.74, 6) is -0.567. The van der Waals surface area contributed by atoms with Crippen molar-refractivity contribution in [1.82, 2.24) is 0 Å². The van der Waals surface area contributed by atoms with Crippen molar-refractivity contribution >= 4 is 11.8 Å². The van der Waals surface area contributed by atoms with Crippen LogP contribution in [-0.4, -0.2) is 39.8 Å². The molecule has 1 aliphatic carbocycles. The molecule has 0 saturated heterocycles. The molecule has 136 valence electrons. The molecule has 5 heteroatoms. The van der Waals surface area contributed by atoms with E-state index in [1.54, 1.807) is 0 Å². The van der Waals surface area contributed by atoms with Crippen molar-refractivity contribution in [3.8, 4) is 0 Å². The van der Waals surface area contributed by atoms with Gasteiger partial charge in [-0.15, -0.1) is 0 Å². The highest BCUT2D eigenvalue weighted by atomic mass is 16.4. The number of carboxylic acid groups (broad SMARTS) is 1. The van der Waals surface area contributed by atoms with Crippen LogP contribution in [0.2, 0.25) is 0 Å². The molecular weight excluding hydrogens is 308 g/mol. The molecule has 0 heterocycles. The second kappa shape index (κ2) is 12.0. The first kappa shape index (κ1) is 20.6. The maximum atomic E-state index is 12.0. The highest BCUT2D eigenvalue weighted by Gasteiger charge is 2.31. The number of carbonyl (C=O) groups excluding carboxylic acids is 1. The topological polar surface area (TPSA) is 94.8 Å². The number of aliphatic hydroxyl groups excluding tert-OH is 2. The number of Topliss-reactive ketones (excluding diaryl/α,β-unsaturated/α-hetero) is 1. The molecule has 0 aliphatic heterocycles. The van der Waals surface area contributed by atoms with Gasteiger partial charge in [-0.25, -0.2) is 4.79 Å². The van der Waals surface area contributed by atoms with Crippen molar-refractivity contribution in [2.45, 2.75) is 63.9 Å². The number of allylic oxidation sites excluding steroid dienone is 4. The van der Waals surface area contributed by atoms with Crippen molar-refractivity contribution < 1.29 is 24.9 Å². The lowest BCUT2D eigenvalue weighted by atomic mass is 9.91. The molecule has 0 aromatic rings. The Labute approximate surface area is 144 Å². The van der Waals surface area contributed by atoms with Gasteiger partial charge in [-0.2, -0.15) is 0 Å². The van der Waals surface area contributed by atoms with E-state index < -0.39 is 12.1 Å². The van der Waals surface area contributed by atoms with E-state index in [-0.39, 0.29) is 18.9 Å². The lowest BCUT2D eigenvalue weighted by Gasteiger charge is -2.12. The van der Waals surface area contributed by atoms with Crippen LogP contribution < -0.4 is 0 Å². The highest BCUT2D eigenvalue weighted by Crippen LogP contribution is 2.32. The Morgan fingerprint density at radius 3 is 2.67 bits per heavy atom. The van der Waals surface area contributed by atoms with Crippen molar-refractivity contribution in [3.63, 3.8) is 0 Å². The van der Waals surface area contributed by atoms with Gasteiger partial charge in [0.15, 0.2) is 6.10 Å².